The normalized spacial score (nSPS) is 9.85. The lowest BCUT2D eigenvalue weighted by Gasteiger charge is -2.07. The molecule has 0 spiro atoms. The van der Waals surface area contributed by atoms with Crippen molar-refractivity contribution < 1.29 is 0 Å². The van der Waals surface area contributed by atoms with Gasteiger partial charge in [0.15, 0.2) is 0 Å². The minimum absolute atomic E-state index is 0.799. The Kier molecular flexibility index (Phi) is 1.84. The van der Waals surface area contributed by atoms with Crippen LogP contribution in [-0.2, 0) is 0 Å². The first kappa shape index (κ1) is 7.60. The first-order valence-corrected chi connectivity index (χ1v) is 3.70. The van der Waals surface area contributed by atoms with Crippen molar-refractivity contribution in [3.8, 4) is 5.69 Å². The van der Waals surface area contributed by atoms with Crippen molar-refractivity contribution in [3.05, 3.63) is 43.0 Å². The summed E-state index contributed by atoms with van der Waals surface area (Å²) in [6.45, 7) is 0. The van der Waals surface area contributed by atoms with Crippen LogP contribution in [0.15, 0.2) is 30.6 Å². The largest absolute Gasteiger partial charge is 0.491 e. The Morgan fingerprint density at radius 1 is 1.38 bits per heavy atom. The standard InChI is InChI=1S/C8H7N5/c1-9-7-3-2-4-8(5-7)13-6-10-11-12-13/h2-6H,1H2. The summed E-state index contributed by atoms with van der Waals surface area (Å²) < 4.78 is 1.56. The Hall–Kier alpha value is -2.04. The van der Waals surface area contributed by atoms with E-state index in [0.717, 1.165) is 11.4 Å². The van der Waals surface area contributed by atoms with Gasteiger partial charge in [0.05, 0.1) is 5.69 Å². The van der Waals surface area contributed by atoms with Crippen molar-refractivity contribution in [1.29, 1.82) is 0 Å². The summed E-state index contributed by atoms with van der Waals surface area (Å²) in [6, 6.07) is 7.48. The molecule has 0 aliphatic rings. The maximum atomic E-state index is 3.81. The van der Waals surface area contributed by atoms with Gasteiger partial charge in [-0.15, -0.1) is 10.8 Å². The van der Waals surface area contributed by atoms with Crippen molar-refractivity contribution in [1.82, 2.24) is 20.2 Å². The average Bonchev–Trinajstić information content (AvgIpc) is 2.71. The number of aromatic nitrogens is 4. The number of tetrazole rings is 1. The number of benzene rings is 1. The molecule has 0 N–H and O–H groups in total. The van der Waals surface area contributed by atoms with Gasteiger partial charge < -0.3 is 5.32 Å². The zero-order valence-electron chi connectivity index (χ0n) is 6.83. The van der Waals surface area contributed by atoms with Gasteiger partial charge in [0.2, 0.25) is 0 Å². The van der Waals surface area contributed by atoms with Crippen LogP contribution in [0.2, 0.25) is 0 Å². The van der Waals surface area contributed by atoms with E-state index in [1.54, 1.807) is 4.68 Å². The lowest BCUT2D eigenvalue weighted by atomic mass is 10.3. The first-order valence-electron chi connectivity index (χ1n) is 3.70. The van der Waals surface area contributed by atoms with Crippen LogP contribution in [0.5, 0.6) is 0 Å². The summed E-state index contributed by atoms with van der Waals surface area (Å²) in [5.41, 5.74) is 1.67. The van der Waals surface area contributed by atoms with Gasteiger partial charge in [-0.1, -0.05) is 12.1 Å². The summed E-state index contributed by atoms with van der Waals surface area (Å²) in [5.74, 6) is 0. The van der Waals surface area contributed by atoms with E-state index >= 15 is 0 Å². The van der Waals surface area contributed by atoms with Gasteiger partial charge in [-0.3, -0.25) is 0 Å². The number of hydrogen-bond acceptors (Lipinski definition) is 3. The lowest BCUT2D eigenvalue weighted by Crippen LogP contribution is -1.93. The van der Waals surface area contributed by atoms with E-state index in [2.05, 4.69) is 27.9 Å². The van der Waals surface area contributed by atoms with Gasteiger partial charge in [0.25, 0.3) is 0 Å². The van der Waals surface area contributed by atoms with Crippen molar-refractivity contribution in [2.75, 3.05) is 0 Å². The Morgan fingerprint density at radius 3 is 3.00 bits per heavy atom. The molecule has 64 valence electrons. The number of hydrogen-bond donors (Lipinski definition) is 0. The highest BCUT2D eigenvalue weighted by Crippen LogP contribution is 2.19. The molecule has 5 heteroatoms. The Morgan fingerprint density at radius 2 is 2.31 bits per heavy atom. The van der Waals surface area contributed by atoms with Crippen LogP contribution in [0.4, 0.5) is 5.69 Å². The van der Waals surface area contributed by atoms with Crippen LogP contribution >= 0.6 is 0 Å². The minimum atomic E-state index is 0.799. The maximum Gasteiger partial charge on any atom is 0.143 e. The van der Waals surface area contributed by atoms with Gasteiger partial charge in [-0.05, 0) is 22.6 Å². The van der Waals surface area contributed by atoms with Gasteiger partial charge in [0, 0.05) is 7.05 Å². The third-order valence-corrected chi connectivity index (χ3v) is 1.63. The van der Waals surface area contributed by atoms with Crippen molar-refractivity contribution in [2.24, 2.45) is 0 Å². The van der Waals surface area contributed by atoms with Crippen LogP contribution in [0, 0.1) is 7.05 Å². The molecule has 0 atom stereocenters. The predicted octanol–water partition coefficient (Wildman–Crippen LogP) is 1.46. The molecule has 0 radical (unpaired) electrons. The molecule has 2 rings (SSSR count). The third-order valence-electron chi connectivity index (χ3n) is 1.63. The van der Waals surface area contributed by atoms with E-state index in [9.17, 15) is 0 Å². The molecule has 13 heavy (non-hydrogen) atoms. The predicted molar refractivity (Wildman–Crippen MR) is 47.5 cm³/mol. The van der Waals surface area contributed by atoms with Gasteiger partial charge >= 0.3 is 0 Å². The number of nitrogens with zero attached hydrogens (tertiary/aromatic N) is 5. The van der Waals surface area contributed by atoms with E-state index in [1.165, 1.54) is 6.33 Å². The van der Waals surface area contributed by atoms with Crippen molar-refractivity contribution >= 4 is 5.69 Å². The molecule has 0 amide bonds. The highest BCUT2D eigenvalue weighted by atomic mass is 15.5. The highest BCUT2D eigenvalue weighted by molar-refractivity contribution is 5.54. The van der Waals surface area contributed by atoms with Crippen LogP contribution < -0.4 is 0 Å². The Labute approximate surface area is 75.4 Å². The monoisotopic (exact) mass is 173 g/mol. The third kappa shape index (κ3) is 1.44. The quantitative estimate of drug-likeness (QED) is 0.646. The molecule has 2 aromatic rings. The first-order chi connectivity index (χ1) is 6.40. The molecule has 0 aliphatic heterocycles. The zero-order chi connectivity index (χ0) is 9.10. The molecule has 0 fully saturated rings. The van der Waals surface area contributed by atoms with Crippen LogP contribution in [0.1, 0.15) is 0 Å². The summed E-state index contributed by atoms with van der Waals surface area (Å²) in [7, 11) is 3.44. The van der Waals surface area contributed by atoms with Gasteiger partial charge in [0.1, 0.15) is 6.33 Å². The smallest absolute Gasteiger partial charge is 0.143 e. The Balaban J connectivity index is 2.41. The summed E-state index contributed by atoms with van der Waals surface area (Å²) in [6.07, 6.45) is 1.53. The van der Waals surface area contributed by atoms with E-state index in [0.29, 0.717) is 0 Å². The molecule has 1 aromatic heterocycles. The zero-order valence-corrected chi connectivity index (χ0v) is 6.83. The molecular weight excluding hydrogens is 166 g/mol. The highest BCUT2D eigenvalue weighted by Gasteiger charge is 1.95. The molecule has 0 unspecified atom stereocenters. The van der Waals surface area contributed by atoms with E-state index < -0.39 is 0 Å². The fourth-order valence-corrected chi connectivity index (χ4v) is 1.01. The minimum Gasteiger partial charge on any atom is -0.491 e. The van der Waals surface area contributed by atoms with E-state index in [4.69, 9.17) is 0 Å². The average molecular weight is 173 g/mol. The van der Waals surface area contributed by atoms with E-state index in [1.807, 2.05) is 24.3 Å². The fourth-order valence-electron chi connectivity index (χ4n) is 1.01. The molecular formula is C8H7N5. The van der Waals surface area contributed by atoms with Gasteiger partial charge in [-0.25, -0.2) is 4.68 Å². The van der Waals surface area contributed by atoms with Crippen molar-refractivity contribution in [2.45, 2.75) is 0 Å². The SMILES string of the molecule is [CH2+][N-]c1cccc(-n2cnnn2)c1. The Bertz CT molecular complexity index is 381. The van der Waals surface area contributed by atoms with Crippen LogP contribution in [0.25, 0.3) is 11.0 Å². The summed E-state index contributed by atoms with van der Waals surface area (Å²) in [4.78, 5) is 0. The lowest BCUT2D eigenvalue weighted by molar-refractivity contribution is 0.789. The van der Waals surface area contributed by atoms with Crippen LogP contribution in [-0.4, -0.2) is 20.2 Å². The second-order valence-corrected chi connectivity index (χ2v) is 2.43. The second-order valence-electron chi connectivity index (χ2n) is 2.43. The molecule has 0 bridgehead atoms. The summed E-state index contributed by atoms with van der Waals surface area (Å²) in [5, 5.41) is 14.6. The van der Waals surface area contributed by atoms with Crippen molar-refractivity contribution in [3.63, 3.8) is 0 Å². The second kappa shape index (κ2) is 3.14. The molecule has 0 aliphatic carbocycles. The molecule has 0 saturated heterocycles. The summed E-state index contributed by atoms with van der Waals surface area (Å²) >= 11 is 0. The topological polar surface area (TPSA) is 57.7 Å². The van der Waals surface area contributed by atoms with Gasteiger partial charge in [-0.2, -0.15) is 0 Å². The molecule has 5 nitrogen and oxygen atoms in total. The van der Waals surface area contributed by atoms with Crippen LogP contribution in [0.3, 0.4) is 0 Å². The fraction of sp³-hybridized carbons (Fsp3) is 0. The number of rotatable bonds is 2. The van der Waals surface area contributed by atoms with E-state index in [-0.39, 0.29) is 0 Å². The molecule has 1 aromatic carbocycles. The molecule has 0 saturated carbocycles. The maximum absolute atomic E-state index is 3.81. The molecule has 1 heterocycles.